The number of aromatic nitrogens is 4. The van der Waals surface area contributed by atoms with Crippen molar-refractivity contribution in [3.05, 3.63) is 57.0 Å². The van der Waals surface area contributed by atoms with Crippen molar-refractivity contribution >= 4 is 28.7 Å². The Labute approximate surface area is 190 Å². The number of anilines is 1. The van der Waals surface area contributed by atoms with Crippen LogP contribution in [0.3, 0.4) is 0 Å². The number of carbonyl (C=O) groups excluding carboxylic acids is 2. The molecule has 0 spiro atoms. The van der Waals surface area contributed by atoms with Gasteiger partial charge in [0, 0.05) is 44.4 Å². The molecule has 3 aromatic rings. The fraction of sp³-hybridized carbons (Fsp3) is 0.435. The van der Waals surface area contributed by atoms with Gasteiger partial charge in [0.1, 0.15) is 0 Å². The first-order valence-electron chi connectivity index (χ1n) is 11.2. The Morgan fingerprint density at radius 1 is 1.06 bits per heavy atom. The van der Waals surface area contributed by atoms with E-state index in [-0.39, 0.29) is 24.3 Å². The number of amides is 2. The Bertz CT molecular complexity index is 1300. The predicted octanol–water partition coefficient (Wildman–Crippen LogP) is 1.52. The van der Waals surface area contributed by atoms with E-state index in [4.69, 9.17) is 0 Å². The van der Waals surface area contributed by atoms with Gasteiger partial charge in [0.25, 0.3) is 11.5 Å². The van der Waals surface area contributed by atoms with Crippen LogP contribution in [0.2, 0.25) is 0 Å². The summed E-state index contributed by atoms with van der Waals surface area (Å²) in [6.45, 7) is 0.414. The number of aryl methyl sites for hydroxylation is 2. The smallest absolute Gasteiger partial charge is 0.332 e. The maximum atomic E-state index is 12.5. The molecule has 0 bridgehead atoms. The zero-order valence-electron chi connectivity index (χ0n) is 18.8. The first-order valence-corrected chi connectivity index (χ1v) is 11.2. The highest BCUT2D eigenvalue weighted by Gasteiger charge is 2.18. The third-order valence-electron chi connectivity index (χ3n) is 6.14. The zero-order valence-corrected chi connectivity index (χ0v) is 18.8. The van der Waals surface area contributed by atoms with Crippen molar-refractivity contribution in [2.24, 2.45) is 14.1 Å². The van der Waals surface area contributed by atoms with E-state index < -0.39 is 11.2 Å². The number of carbonyl (C=O) groups is 2. The van der Waals surface area contributed by atoms with Gasteiger partial charge in [-0.25, -0.2) is 9.78 Å². The fourth-order valence-electron chi connectivity index (χ4n) is 4.24. The molecule has 1 aromatic carbocycles. The van der Waals surface area contributed by atoms with Crippen molar-refractivity contribution < 1.29 is 9.59 Å². The van der Waals surface area contributed by atoms with Crippen LogP contribution in [0.5, 0.6) is 0 Å². The molecule has 1 aliphatic rings. The van der Waals surface area contributed by atoms with E-state index in [2.05, 4.69) is 15.6 Å². The summed E-state index contributed by atoms with van der Waals surface area (Å²) >= 11 is 0. The van der Waals surface area contributed by atoms with Crippen LogP contribution in [0.25, 0.3) is 11.2 Å². The van der Waals surface area contributed by atoms with Crippen LogP contribution in [0, 0.1) is 0 Å². The maximum absolute atomic E-state index is 12.5. The molecule has 2 heterocycles. The van der Waals surface area contributed by atoms with Gasteiger partial charge in [0.05, 0.1) is 6.33 Å². The molecular formula is C23H28N6O4. The van der Waals surface area contributed by atoms with E-state index in [1.54, 1.807) is 35.9 Å². The molecule has 1 fully saturated rings. The van der Waals surface area contributed by atoms with E-state index in [1.807, 2.05) is 0 Å². The maximum Gasteiger partial charge on any atom is 0.332 e. The minimum atomic E-state index is -0.431. The van der Waals surface area contributed by atoms with Crippen molar-refractivity contribution in [2.75, 3.05) is 5.32 Å². The average molecular weight is 453 g/mol. The number of nitrogens with zero attached hydrogens (tertiary/aromatic N) is 4. The fourth-order valence-corrected chi connectivity index (χ4v) is 4.24. The number of rotatable bonds is 7. The summed E-state index contributed by atoms with van der Waals surface area (Å²) in [5, 5.41) is 5.88. The monoisotopic (exact) mass is 452 g/mol. The van der Waals surface area contributed by atoms with Crippen molar-refractivity contribution in [2.45, 2.75) is 51.1 Å². The highest BCUT2D eigenvalue weighted by molar-refractivity contribution is 5.96. The second-order valence-corrected chi connectivity index (χ2v) is 8.50. The Hall–Kier alpha value is -3.69. The van der Waals surface area contributed by atoms with Crippen LogP contribution in [0.15, 0.2) is 40.2 Å². The predicted molar refractivity (Wildman–Crippen MR) is 124 cm³/mol. The lowest BCUT2D eigenvalue weighted by Crippen LogP contribution is -2.37. The topological polar surface area (TPSA) is 120 Å². The normalized spacial score (nSPS) is 14.0. The zero-order chi connectivity index (χ0) is 23.5. The van der Waals surface area contributed by atoms with Crippen LogP contribution in [0.4, 0.5) is 5.69 Å². The summed E-state index contributed by atoms with van der Waals surface area (Å²) in [6.07, 6.45) is 6.62. The lowest BCUT2D eigenvalue weighted by Gasteiger charge is -2.12. The standard InChI is InChI=1S/C23H28N6O4/c1-27-20-19(22(32)28(2)23(27)33)29(14-24-20)13-5-8-18(30)25-17-11-9-15(10-12-17)21(31)26-16-6-3-4-7-16/h9-12,14,16H,3-8,13H2,1-2H3,(H,25,30)(H,26,31). The number of imidazole rings is 1. The summed E-state index contributed by atoms with van der Waals surface area (Å²) < 4.78 is 4.05. The van der Waals surface area contributed by atoms with Gasteiger partial charge in [-0.1, -0.05) is 12.8 Å². The van der Waals surface area contributed by atoms with Gasteiger partial charge >= 0.3 is 5.69 Å². The molecule has 10 heteroatoms. The van der Waals surface area contributed by atoms with E-state index in [9.17, 15) is 19.2 Å². The van der Waals surface area contributed by atoms with Crippen LogP contribution in [0.1, 0.15) is 48.9 Å². The first-order chi connectivity index (χ1) is 15.8. The van der Waals surface area contributed by atoms with Crippen molar-refractivity contribution in [1.82, 2.24) is 24.0 Å². The number of hydrogen-bond acceptors (Lipinski definition) is 5. The molecule has 4 rings (SSSR count). The second kappa shape index (κ2) is 9.43. The van der Waals surface area contributed by atoms with Crippen molar-refractivity contribution in [3.63, 3.8) is 0 Å². The van der Waals surface area contributed by atoms with Gasteiger partial charge in [0.15, 0.2) is 11.2 Å². The lowest BCUT2D eigenvalue weighted by molar-refractivity contribution is -0.116. The quantitative estimate of drug-likeness (QED) is 0.563. The Morgan fingerprint density at radius 2 is 1.76 bits per heavy atom. The summed E-state index contributed by atoms with van der Waals surface area (Å²) in [5.41, 5.74) is 1.01. The minimum absolute atomic E-state index is 0.0871. The largest absolute Gasteiger partial charge is 0.349 e. The molecule has 174 valence electrons. The van der Waals surface area contributed by atoms with Gasteiger partial charge in [0.2, 0.25) is 5.91 Å². The van der Waals surface area contributed by atoms with E-state index in [1.165, 1.54) is 17.9 Å². The summed E-state index contributed by atoms with van der Waals surface area (Å²) in [6, 6.07) is 7.11. The Balaban J connectivity index is 1.31. The van der Waals surface area contributed by atoms with E-state index in [0.717, 1.165) is 30.3 Å². The number of hydrogen-bond donors (Lipinski definition) is 2. The third kappa shape index (κ3) is 4.74. The van der Waals surface area contributed by atoms with Gasteiger partial charge in [-0.2, -0.15) is 0 Å². The number of nitrogens with one attached hydrogen (secondary N) is 2. The van der Waals surface area contributed by atoms with Crippen LogP contribution >= 0.6 is 0 Å². The van der Waals surface area contributed by atoms with Gasteiger partial charge in [-0.15, -0.1) is 0 Å². The average Bonchev–Trinajstić information content (AvgIpc) is 3.47. The molecule has 33 heavy (non-hydrogen) atoms. The van der Waals surface area contributed by atoms with E-state index in [0.29, 0.717) is 35.4 Å². The summed E-state index contributed by atoms with van der Waals surface area (Å²) in [4.78, 5) is 53.3. The second-order valence-electron chi connectivity index (χ2n) is 8.50. The molecule has 0 unspecified atom stereocenters. The molecule has 0 aliphatic heterocycles. The SMILES string of the molecule is Cn1c(=O)c2c(ncn2CCCC(=O)Nc2ccc(C(=O)NC3CCCC3)cc2)n(C)c1=O. The third-order valence-corrected chi connectivity index (χ3v) is 6.14. The number of benzene rings is 1. The van der Waals surface area contributed by atoms with Crippen LogP contribution in [-0.4, -0.2) is 36.5 Å². The van der Waals surface area contributed by atoms with Crippen LogP contribution < -0.4 is 21.9 Å². The molecule has 0 saturated heterocycles. The molecule has 0 radical (unpaired) electrons. The van der Waals surface area contributed by atoms with Gasteiger partial charge in [-0.3, -0.25) is 23.5 Å². The molecule has 1 saturated carbocycles. The molecule has 2 amide bonds. The molecule has 0 atom stereocenters. The minimum Gasteiger partial charge on any atom is -0.349 e. The molecule has 2 N–H and O–H groups in total. The molecule has 1 aliphatic carbocycles. The van der Waals surface area contributed by atoms with Gasteiger partial charge in [-0.05, 0) is 43.5 Å². The highest BCUT2D eigenvalue weighted by atomic mass is 16.2. The Morgan fingerprint density at radius 3 is 2.45 bits per heavy atom. The highest BCUT2D eigenvalue weighted by Crippen LogP contribution is 2.18. The Kier molecular flexibility index (Phi) is 6.43. The van der Waals surface area contributed by atoms with Crippen LogP contribution in [-0.2, 0) is 25.4 Å². The summed E-state index contributed by atoms with van der Waals surface area (Å²) in [5.74, 6) is -0.251. The van der Waals surface area contributed by atoms with Crippen molar-refractivity contribution in [3.8, 4) is 0 Å². The molecule has 2 aromatic heterocycles. The lowest BCUT2D eigenvalue weighted by atomic mass is 10.1. The number of fused-ring (bicyclic) bond motifs is 1. The van der Waals surface area contributed by atoms with Crippen molar-refractivity contribution in [1.29, 1.82) is 0 Å². The molecular weight excluding hydrogens is 424 g/mol. The first kappa shape index (κ1) is 22.5. The summed E-state index contributed by atoms with van der Waals surface area (Å²) in [7, 11) is 3.00. The van der Waals surface area contributed by atoms with Gasteiger partial charge < -0.3 is 15.2 Å². The van der Waals surface area contributed by atoms with E-state index >= 15 is 0 Å². The molecule has 10 nitrogen and oxygen atoms in total.